The summed E-state index contributed by atoms with van der Waals surface area (Å²) >= 11 is 18.0. The lowest BCUT2D eigenvalue weighted by atomic mass is 10.1. The first-order valence-electron chi connectivity index (χ1n) is 8.18. The topological polar surface area (TPSA) is 39.0 Å². The van der Waals surface area contributed by atoms with Crippen LogP contribution in [0.3, 0.4) is 0 Å². The summed E-state index contributed by atoms with van der Waals surface area (Å²) in [6.45, 7) is 1.89. The zero-order valence-electron chi connectivity index (χ0n) is 14.4. The Balaban J connectivity index is 2.11. The number of anilines is 1. The molecule has 27 heavy (non-hydrogen) atoms. The quantitative estimate of drug-likeness (QED) is 0.290. The van der Waals surface area contributed by atoms with E-state index >= 15 is 0 Å². The lowest BCUT2D eigenvalue weighted by molar-refractivity contribution is -0.577. The molecule has 0 spiro atoms. The van der Waals surface area contributed by atoms with Gasteiger partial charge in [0, 0.05) is 27.9 Å². The zero-order valence-corrected chi connectivity index (χ0v) is 16.8. The molecule has 0 radical (unpaired) electrons. The van der Waals surface area contributed by atoms with Gasteiger partial charge in [-0.1, -0.05) is 65.8 Å². The second-order valence-corrected chi connectivity index (χ2v) is 7.03. The van der Waals surface area contributed by atoms with Gasteiger partial charge in [-0.3, -0.25) is 0 Å². The third kappa shape index (κ3) is 4.30. The highest BCUT2D eigenvalue weighted by Crippen LogP contribution is 2.26. The van der Waals surface area contributed by atoms with E-state index < -0.39 is 0 Å². The first-order chi connectivity index (χ1) is 13.0. The predicted molar refractivity (Wildman–Crippen MR) is 114 cm³/mol. The Bertz CT molecular complexity index is 1020. The molecular weight excluding hydrogens is 399 g/mol. The SMILES string of the molecule is Cc1c(Cl)cccc1NC(=S)C(=C([O-])c1ccccc1Cl)[n+]1ccccc1. The van der Waals surface area contributed by atoms with Gasteiger partial charge in [0.15, 0.2) is 17.4 Å². The number of thiocarbonyl (C=S) groups is 1. The number of nitrogens with zero attached hydrogens (tertiary/aromatic N) is 1. The van der Waals surface area contributed by atoms with E-state index in [1.807, 2.05) is 37.3 Å². The van der Waals surface area contributed by atoms with Crippen LogP contribution in [-0.4, -0.2) is 4.99 Å². The summed E-state index contributed by atoms with van der Waals surface area (Å²) in [5, 5.41) is 17.4. The van der Waals surface area contributed by atoms with Crippen LogP contribution in [0.15, 0.2) is 73.1 Å². The van der Waals surface area contributed by atoms with Gasteiger partial charge in [0.1, 0.15) is 0 Å². The second-order valence-electron chi connectivity index (χ2n) is 5.81. The normalized spacial score (nSPS) is 11.7. The molecule has 0 saturated heterocycles. The van der Waals surface area contributed by atoms with Crippen molar-refractivity contribution in [3.63, 3.8) is 0 Å². The van der Waals surface area contributed by atoms with Gasteiger partial charge in [-0.2, -0.15) is 4.57 Å². The summed E-state index contributed by atoms with van der Waals surface area (Å²) in [6.07, 6.45) is 3.53. The van der Waals surface area contributed by atoms with Crippen molar-refractivity contribution in [2.24, 2.45) is 0 Å². The molecule has 136 valence electrons. The van der Waals surface area contributed by atoms with Crippen molar-refractivity contribution in [3.8, 4) is 0 Å². The lowest BCUT2D eigenvalue weighted by Crippen LogP contribution is -2.39. The van der Waals surface area contributed by atoms with Crippen molar-refractivity contribution in [2.45, 2.75) is 6.92 Å². The molecule has 3 aromatic rings. The molecule has 0 atom stereocenters. The van der Waals surface area contributed by atoms with E-state index in [1.165, 1.54) is 0 Å². The summed E-state index contributed by atoms with van der Waals surface area (Å²) in [6, 6.07) is 17.9. The Hall–Kier alpha value is -2.40. The van der Waals surface area contributed by atoms with Crippen LogP contribution in [0.4, 0.5) is 5.69 Å². The van der Waals surface area contributed by atoms with Gasteiger partial charge in [0.05, 0.1) is 0 Å². The molecule has 0 aliphatic heterocycles. The van der Waals surface area contributed by atoms with Crippen LogP contribution in [0, 0.1) is 6.92 Å². The third-order valence-corrected chi connectivity index (χ3v) is 5.07. The molecule has 1 N–H and O–H groups in total. The number of halogens is 2. The second kappa shape index (κ2) is 8.53. The summed E-state index contributed by atoms with van der Waals surface area (Å²) in [7, 11) is 0. The van der Waals surface area contributed by atoms with Gasteiger partial charge >= 0.3 is 0 Å². The number of hydrogen-bond acceptors (Lipinski definition) is 2. The molecule has 0 fully saturated rings. The fraction of sp³-hybridized carbons (Fsp3) is 0.0476. The molecule has 0 bridgehead atoms. The molecule has 0 amide bonds. The number of nitrogens with one attached hydrogen (secondary N) is 1. The average Bonchev–Trinajstić information content (AvgIpc) is 2.67. The minimum Gasteiger partial charge on any atom is -0.867 e. The maximum atomic E-state index is 13.3. The van der Waals surface area contributed by atoms with Crippen LogP contribution in [-0.2, 0) is 0 Å². The largest absolute Gasteiger partial charge is 0.867 e. The van der Waals surface area contributed by atoms with Gasteiger partial charge in [-0.25, -0.2) is 0 Å². The van der Waals surface area contributed by atoms with E-state index in [0.717, 1.165) is 11.3 Å². The highest BCUT2D eigenvalue weighted by Gasteiger charge is 2.20. The van der Waals surface area contributed by atoms with E-state index in [2.05, 4.69) is 5.32 Å². The van der Waals surface area contributed by atoms with Crippen LogP contribution < -0.4 is 15.0 Å². The standard InChI is InChI=1S/C21H16Cl2N2OS/c1-14-16(22)10-7-11-18(14)24-21(27)19(25-12-5-2-6-13-25)20(26)15-8-3-4-9-17(15)23/h2-13H,1H3,(H-,24,26,27). The van der Waals surface area contributed by atoms with E-state index in [-0.39, 0.29) is 10.7 Å². The molecular formula is C21H16Cl2N2OS. The van der Waals surface area contributed by atoms with Crippen LogP contribution in [0.2, 0.25) is 10.0 Å². The van der Waals surface area contributed by atoms with E-state index in [1.54, 1.807) is 47.3 Å². The van der Waals surface area contributed by atoms with Gasteiger partial charge in [-0.05, 0) is 42.0 Å². The first kappa shape index (κ1) is 19.4. The minimum absolute atomic E-state index is 0.269. The molecule has 0 aliphatic rings. The molecule has 1 heterocycles. The Morgan fingerprint density at radius 3 is 2.30 bits per heavy atom. The maximum absolute atomic E-state index is 13.3. The Morgan fingerprint density at radius 1 is 0.926 bits per heavy atom. The van der Waals surface area contributed by atoms with Crippen molar-refractivity contribution in [1.29, 1.82) is 0 Å². The Morgan fingerprint density at radius 2 is 1.59 bits per heavy atom. The summed E-state index contributed by atoms with van der Waals surface area (Å²) < 4.78 is 1.68. The zero-order chi connectivity index (χ0) is 19.4. The summed E-state index contributed by atoms with van der Waals surface area (Å²) in [5.41, 5.74) is 2.29. The number of hydrogen-bond donors (Lipinski definition) is 1. The Labute approximate surface area is 173 Å². The highest BCUT2D eigenvalue weighted by molar-refractivity contribution is 7.81. The molecule has 2 aromatic carbocycles. The minimum atomic E-state index is -0.269. The molecule has 0 saturated carbocycles. The monoisotopic (exact) mass is 414 g/mol. The van der Waals surface area contributed by atoms with Crippen LogP contribution in [0.25, 0.3) is 11.5 Å². The van der Waals surface area contributed by atoms with Crippen LogP contribution >= 0.6 is 35.4 Å². The molecule has 3 rings (SSSR count). The van der Waals surface area contributed by atoms with Gasteiger partial charge in [0.2, 0.25) is 5.70 Å². The smallest absolute Gasteiger partial charge is 0.238 e. The molecule has 0 aliphatic carbocycles. The van der Waals surface area contributed by atoms with Gasteiger partial charge < -0.3 is 10.4 Å². The fourth-order valence-corrected chi connectivity index (χ4v) is 3.29. The molecule has 0 unspecified atom stereocenters. The number of pyridine rings is 1. The van der Waals surface area contributed by atoms with E-state index in [0.29, 0.717) is 21.3 Å². The van der Waals surface area contributed by atoms with E-state index in [4.69, 9.17) is 35.4 Å². The van der Waals surface area contributed by atoms with Crippen LogP contribution in [0.1, 0.15) is 11.1 Å². The number of benzene rings is 2. The summed E-state index contributed by atoms with van der Waals surface area (Å²) in [5.74, 6) is -0.269. The highest BCUT2D eigenvalue weighted by atomic mass is 35.5. The fourth-order valence-electron chi connectivity index (χ4n) is 2.58. The van der Waals surface area contributed by atoms with Crippen molar-refractivity contribution in [2.75, 3.05) is 5.32 Å². The molecule has 6 heteroatoms. The van der Waals surface area contributed by atoms with Crippen molar-refractivity contribution < 1.29 is 9.67 Å². The van der Waals surface area contributed by atoms with Crippen molar-refractivity contribution >= 4 is 57.6 Å². The van der Waals surface area contributed by atoms with Gasteiger partial charge in [-0.15, -0.1) is 0 Å². The Kier molecular flexibility index (Phi) is 6.11. The molecule has 1 aromatic heterocycles. The lowest BCUT2D eigenvalue weighted by Gasteiger charge is -2.18. The summed E-state index contributed by atoms with van der Waals surface area (Å²) in [4.78, 5) is 0.279. The number of aromatic nitrogens is 1. The third-order valence-electron chi connectivity index (χ3n) is 4.04. The first-order valence-corrected chi connectivity index (χ1v) is 9.35. The predicted octanol–water partition coefficient (Wildman–Crippen LogP) is 4.71. The van der Waals surface area contributed by atoms with E-state index in [9.17, 15) is 5.11 Å². The molecule has 3 nitrogen and oxygen atoms in total. The van der Waals surface area contributed by atoms with Crippen molar-refractivity contribution in [1.82, 2.24) is 0 Å². The van der Waals surface area contributed by atoms with Crippen LogP contribution in [0.5, 0.6) is 0 Å². The maximum Gasteiger partial charge on any atom is 0.238 e. The number of rotatable bonds is 4. The van der Waals surface area contributed by atoms with Crippen molar-refractivity contribution in [3.05, 3.63) is 94.2 Å². The van der Waals surface area contributed by atoms with Gasteiger partial charge in [0.25, 0.3) is 0 Å². The average molecular weight is 415 g/mol.